The standard InChI is InChI=1S/C26H23N3O3/c1-18-23(13-15-32-18)26(31)27(2)21-11-9-19(10-12-21)25(30)29-17-22-7-5-14-28(22)16-20-6-3-4-8-24(20)29/h3-15H,16-17H2,1-2H3. The molecule has 0 atom stereocenters. The van der Waals surface area contributed by atoms with Gasteiger partial charge in [0.1, 0.15) is 5.76 Å². The number of hydrogen-bond acceptors (Lipinski definition) is 3. The SMILES string of the molecule is Cc1occc1C(=O)N(C)c1ccc(C(=O)N2Cc3cccn3Cc3ccccc32)cc1. The molecule has 3 heterocycles. The Hall–Kier alpha value is -4.06. The second-order valence-corrected chi connectivity index (χ2v) is 7.95. The van der Waals surface area contributed by atoms with Gasteiger partial charge in [0.05, 0.1) is 18.4 Å². The van der Waals surface area contributed by atoms with Gasteiger partial charge in [-0.25, -0.2) is 0 Å². The largest absolute Gasteiger partial charge is 0.469 e. The fourth-order valence-electron chi connectivity index (χ4n) is 4.16. The Morgan fingerprint density at radius 3 is 2.47 bits per heavy atom. The summed E-state index contributed by atoms with van der Waals surface area (Å²) < 4.78 is 7.42. The van der Waals surface area contributed by atoms with E-state index >= 15 is 0 Å². The van der Waals surface area contributed by atoms with E-state index in [2.05, 4.69) is 10.6 Å². The van der Waals surface area contributed by atoms with Crippen LogP contribution in [0.3, 0.4) is 0 Å². The molecule has 0 saturated heterocycles. The number of hydrogen-bond donors (Lipinski definition) is 0. The van der Waals surface area contributed by atoms with Crippen LogP contribution in [0.1, 0.15) is 37.7 Å². The molecule has 0 bridgehead atoms. The minimum Gasteiger partial charge on any atom is -0.469 e. The first-order valence-electron chi connectivity index (χ1n) is 10.5. The van der Waals surface area contributed by atoms with E-state index in [1.807, 2.05) is 41.4 Å². The Morgan fingerprint density at radius 1 is 0.938 bits per heavy atom. The van der Waals surface area contributed by atoms with Gasteiger partial charge in [0, 0.05) is 42.4 Å². The van der Waals surface area contributed by atoms with Crippen molar-refractivity contribution in [2.45, 2.75) is 20.0 Å². The van der Waals surface area contributed by atoms with E-state index in [9.17, 15) is 9.59 Å². The van der Waals surface area contributed by atoms with E-state index in [0.717, 1.165) is 23.5 Å². The van der Waals surface area contributed by atoms with Gasteiger partial charge in [-0.3, -0.25) is 9.59 Å². The first-order valence-corrected chi connectivity index (χ1v) is 10.5. The molecular weight excluding hydrogens is 402 g/mol. The lowest BCUT2D eigenvalue weighted by Crippen LogP contribution is -2.31. The van der Waals surface area contributed by atoms with Crippen molar-refractivity contribution >= 4 is 23.2 Å². The number of furan rings is 1. The summed E-state index contributed by atoms with van der Waals surface area (Å²) in [6, 6.07) is 20.9. The molecule has 0 aliphatic carbocycles. The highest BCUT2D eigenvalue weighted by molar-refractivity contribution is 6.08. The van der Waals surface area contributed by atoms with Crippen LogP contribution in [0.15, 0.2) is 83.6 Å². The molecule has 4 aromatic rings. The lowest BCUT2D eigenvalue weighted by molar-refractivity contribution is 0.0981. The van der Waals surface area contributed by atoms with Crippen molar-refractivity contribution in [2.24, 2.45) is 0 Å². The highest BCUT2D eigenvalue weighted by Crippen LogP contribution is 2.29. The molecule has 0 unspecified atom stereocenters. The summed E-state index contributed by atoms with van der Waals surface area (Å²) in [5.74, 6) is 0.356. The zero-order valence-electron chi connectivity index (χ0n) is 18.0. The molecule has 32 heavy (non-hydrogen) atoms. The Bertz CT molecular complexity index is 1300. The molecule has 160 valence electrons. The molecule has 0 saturated carbocycles. The van der Waals surface area contributed by atoms with E-state index < -0.39 is 0 Å². The number of anilines is 2. The molecule has 2 aromatic carbocycles. The van der Waals surface area contributed by atoms with Gasteiger partial charge in [-0.2, -0.15) is 0 Å². The number of aromatic nitrogens is 1. The summed E-state index contributed by atoms with van der Waals surface area (Å²) in [5, 5.41) is 0. The zero-order valence-corrected chi connectivity index (χ0v) is 18.0. The van der Waals surface area contributed by atoms with Crippen LogP contribution in [0.2, 0.25) is 0 Å². The third-order valence-corrected chi connectivity index (χ3v) is 6.01. The fourth-order valence-corrected chi connectivity index (χ4v) is 4.16. The van der Waals surface area contributed by atoms with Gasteiger partial charge in [0.15, 0.2) is 0 Å². The van der Waals surface area contributed by atoms with Gasteiger partial charge in [0.25, 0.3) is 11.8 Å². The van der Waals surface area contributed by atoms with Gasteiger partial charge in [-0.05, 0) is 61.0 Å². The van der Waals surface area contributed by atoms with Crippen molar-refractivity contribution in [2.75, 3.05) is 16.8 Å². The van der Waals surface area contributed by atoms with Crippen LogP contribution in [0.25, 0.3) is 0 Å². The molecular formula is C26H23N3O3. The minimum atomic E-state index is -0.155. The van der Waals surface area contributed by atoms with E-state index in [1.165, 1.54) is 6.26 Å². The predicted octanol–water partition coefficient (Wildman–Crippen LogP) is 4.87. The Kier molecular flexibility index (Phi) is 4.90. The monoisotopic (exact) mass is 425 g/mol. The van der Waals surface area contributed by atoms with Crippen LogP contribution in [0, 0.1) is 6.92 Å². The summed E-state index contributed by atoms with van der Waals surface area (Å²) in [6.45, 7) is 3.00. The van der Waals surface area contributed by atoms with E-state index in [4.69, 9.17) is 4.42 Å². The molecule has 2 amide bonds. The minimum absolute atomic E-state index is 0.0710. The van der Waals surface area contributed by atoms with Gasteiger partial charge in [-0.15, -0.1) is 0 Å². The van der Waals surface area contributed by atoms with Crippen LogP contribution in [-0.2, 0) is 13.1 Å². The number of fused-ring (bicyclic) bond motifs is 2. The topological polar surface area (TPSA) is 58.7 Å². The maximum Gasteiger partial charge on any atom is 0.261 e. The molecule has 1 aliphatic rings. The number of aryl methyl sites for hydroxylation is 1. The van der Waals surface area contributed by atoms with Crippen LogP contribution in [0.4, 0.5) is 11.4 Å². The number of amides is 2. The average molecular weight is 425 g/mol. The van der Waals surface area contributed by atoms with Crippen LogP contribution < -0.4 is 9.80 Å². The third-order valence-electron chi connectivity index (χ3n) is 6.01. The van der Waals surface area contributed by atoms with Crippen LogP contribution >= 0.6 is 0 Å². The molecule has 6 heteroatoms. The summed E-state index contributed by atoms with van der Waals surface area (Å²) >= 11 is 0. The number of carbonyl (C=O) groups excluding carboxylic acids is 2. The lowest BCUT2D eigenvalue weighted by atomic mass is 10.1. The molecule has 0 fully saturated rings. The first-order chi connectivity index (χ1) is 15.5. The molecule has 6 nitrogen and oxygen atoms in total. The van der Waals surface area contributed by atoms with Crippen molar-refractivity contribution in [3.8, 4) is 0 Å². The van der Waals surface area contributed by atoms with Gasteiger partial charge in [-0.1, -0.05) is 18.2 Å². The molecule has 2 aromatic heterocycles. The van der Waals surface area contributed by atoms with Gasteiger partial charge < -0.3 is 18.8 Å². The number of nitrogens with zero attached hydrogens (tertiary/aromatic N) is 3. The van der Waals surface area contributed by atoms with Crippen molar-refractivity contribution in [1.29, 1.82) is 0 Å². The van der Waals surface area contributed by atoms with Crippen LogP contribution in [0.5, 0.6) is 0 Å². The van der Waals surface area contributed by atoms with Crippen molar-refractivity contribution in [3.05, 3.63) is 107 Å². The van der Waals surface area contributed by atoms with Crippen molar-refractivity contribution in [3.63, 3.8) is 0 Å². The van der Waals surface area contributed by atoms with Crippen LogP contribution in [-0.4, -0.2) is 23.4 Å². The first kappa shape index (κ1) is 19.9. The van der Waals surface area contributed by atoms with E-state index in [1.54, 1.807) is 49.2 Å². The second-order valence-electron chi connectivity index (χ2n) is 7.95. The second kappa shape index (κ2) is 7.89. The number of rotatable bonds is 3. The van der Waals surface area contributed by atoms with Crippen molar-refractivity contribution in [1.82, 2.24) is 4.57 Å². The van der Waals surface area contributed by atoms with Crippen molar-refractivity contribution < 1.29 is 14.0 Å². The average Bonchev–Trinajstić information content (AvgIpc) is 3.41. The van der Waals surface area contributed by atoms with Gasteiger partial charge >= 0.3 is 0 Å². The lowest BCUT2D eigenvalue weighted by Gasteiger charge is -2.23. The normalized spacial score (nSPS) is 12.6. The third kappa shape index (κ3) is 3.39. The highest BCUT2D eigenvalue weighted by Gasteiger charge is 2.25. The predicted molar refractivity (Wildman–Crippen MR) is 123 cm³/mol. The quantitative estimate of drug-likeness (QED) is 0.470. The fraction of sp³-hybridized carbons (Fsp3) is 0.154. The molecule has 1 aliphatic heterocycles. The molecule has 5 rings (SSSR count). The summed E-state index contributed by atoms with van der Waals surface area (Å²) in [4.78, 5) is 29.6. The number of carbonyl (C=O) groups is 2. The maximum absolute atomic E-state index is 13.5. The Morgan fingerprint density at radius 2 is 1.72 bits per heavy atom. The van der Waals surface area contributed by atoms with Gasteiger partial charge in [0.2, 0.25) is 0 Å². The maximum atomic E-state index is 13.5. The summed E-state index contributed by atoms with van der Waals surface area (Å²) in [7, 11) is 1.71. The molecule has 0 spiro atoms. The summed E-state index contributed by atoms with van der Waals surface area (Å²) in [5.41, 5.74) is 4.92. The highest BCUT2D eigenvalue weighted by atomic mass is 16.3. The zero-order chi connectivity index (χ0) is 22.2. The van der Waals surface area contributed by atoms with E-state index in [-0.39, 0.29) is 11.8 Å². The number of para-hydroxylation sites is 1. The Balaban J connectivity index is 1.43. The summed E-state index contributed by atoms with van der Waals surface area (Å²) in [6.07, 6.45) is 3.55. The Labute approximate surface area is 186 Å². The van der Waals surface area contributed by atoms with E-state index in [0.29, 0.717) is 29.1 Å². The molecule has 0 N–H and O–H groups in total. The smallest absolute Gasteiger partial charge is 0.261 e. The molecule has 0 radical (unpaired) electrons. The number of benzene rings is 2.